The molecule has 0 amide bonds. The zero-order chi connectivity index (χ0) is 9.97. The van der Waals surface area contributed by atoms with Crippen LogP contribution in [-0.4, -0.2) is 11.0 Å². The van der Waals surface area contributed by atoms with Gasteiger partial charge in [-0.1, -0.05) is 12.1 Å². The van der Waals surface area contributed by atoms with Gasteiger partial charge in [-0.05, 0) is 12.1 Å². The number of nitrogens with zero attached hydrogens (tertiary/aromatic N) is 1. The normalized spacial score (nSPS) is 14.4. The summed E-state index contributed by atoms with van der Waals surface area (Å²) in [6.45, 7) is 0. The smallest absolute Gasteiger partial charge is 0.222 e. The summed E-state index contributed by atoms with van der Waals surface area (Å²) in [6, 6.07) is 7.47. The number of rotatable bonds is 1. The molecule has 1 aliphatic heterocycles. The summed E-state index contributed by atoms with van der Waals surface area (Å²) in [7, 11) is 0. The first-order valence-corrected chi connectivity index (χ1v) is 4.14. The number of hydrogen-bond donors (Lipinski definition) is 3. The Balaban J connectivity index is 2.48. The summed E-state index contributed by atoms with van der Waals surface area (Å²) in [5, 5.41) is 14.3. The lowest BCUT2D eigenvalue weighted by Gasteiger charge is -2.06. The quantitative estimate of drug-likeness (QED) is 0.258. The Morgan fingerprint density at radius 3 is 2.93 bits per heavy atom. The van der Waals surface area contributed by atoms with E-state index in [-0.39, 0.29) is 0 Å². The predicted molar refractivity (Wildman–Crippen MR) is 54.3 cm³/mol. The van der Waals surface area contributed by atoms with Crippen LogP contribution in [0.1, 0.15) is 5.56 Å². The van der Waals surface area contributed by atoms with Crippen LogP contribution >= 0.6 is 0 Å². The van der Waals surface area contributed by atoms with Crippen LogP contribution in [0.15, 0.2) is 36.3 Å². The summed E-state index contributed by atoms with van der Waals surface area (Å²) < 4.78 is 0.702. The van der Waals surface area contributed by atoms with Crippen LogP contribution in [0.2, 0.25) is 0 Å². The monoisotopic (exact) mass is 190 g/mol. The topological polar surface area (TPSA) is 76.1 Å². The highest BCUT2D eigenvalue weighted by molar-refractivity contribution is 5.86. The number of nitrogens with one attached hydrogen (secondary N) is 2. The Kier molecular flexibility index (Phi) is 2.08. The molecular weight excluding hydrogens is 180 g/mol. The highest BCUT2D eigenvalue weighted by Crippen LogP contribution is 2.16. The van der Waals surface area contributed by atoms with Crippen LogP contribution in [0.5, 0.6) is 0 Å². The highest BCUT2D eigenvalue weighted by atomic mass is 16.5. The molecule has 14 heavy (non-hydrogen) atoms. The molecule has 0 spiro atoms. The van der Waals surface area contributed by atoms with Crippen molar-refractivity contribution >= 4 is 11.9 Å². The minimum atomic E-state index is 0.459. The zero-order valence-corrected chi connectivity index (χ0v) is 7.40. The molecule has 5 heteroatoms. The van der Waals surface area contributed by atoms with E-state index in [1.165, 1.54) is 12.4 Å². The Labute approximate surface area is 81.1 Å². The first kappa shape index (κ1) is 8.58. The predicted octanol–water partition coefficient (Wildman–Crippen LogP) is 0.303. The summed E-state index contributed by atoms with van der Waals surface area (Å²) in [5.74, 6) is 5.69. The maximum Gasteiger partial charge on any atom is 0.222 e. The molecule has 0 fully saturated rings. The van der Waals surface area contributed by atoms with Crippen molar-refractivity contribution < 1.29 is 4.74 Å². The van der Waals surface area contributed by atoms with E-state index in [1.54, 1.807) is 0 Å². The standard InChI is InChI=1S/C9H10N4O/c10-12-9-6-13(14)5-7-3-1-2-4-8(7)11-9/h1-6,11-12H,10H2. The number of benzene rings is 1. The molecule has 1 aliphatic rings. The molecule has 4 N–H and O–H groups in total. The number of para-hydroxylation sites is 1. The first-order chi connectivity index (χ1) is 6.79. The number of anilines is 1. The van der Waals surface area contributed by atoms with Crippen LogP contribution in [0.3, 0.4) is 0 Å². The van der Waals surface area contributed by atoms with Crippen molar-refractivity contribution in [2.75, 3.05) is 5.32 Å². The minimum Gasteiger partial charge on any atom is -0.619 e. The van der Waals surface area contributed by atoms with Crippen LogP contribution in [0.4, 0.5) is 5.69 Å². The van der Waals surface area contributed by atoms with E-state index in [1.807, 2.05) is 24.3 Å². The molecule has 0 bridgehead atoms. The van der Waals surface area contributed by atoms with Gasteiger partial charge in [0.2, 0.25) is 6.20 Å². The van der Waals surface area contributed by atoms with Gasteiger partial charge in [-0.3, -0.25) is 0 Å². The van der Waals surface area contributed by atoms with Gasteiger partial charge in [0.25, 0.3) is 0 Å². The number of hydroxylamine groups is 1. The minimum absolute atomic E-state index is 0.459. The third kappa shape index (κ3) is 1.53. The van der Waals surface area contributed by atoms with Crippen molar-refractivity contribution in [3.05, 3.63) is 47.1 Å². The van der Waals surface area contributed by atoms with Crippen molar-refractivity contribution in [2.24, 2.45) is 5.84 Å². The summed E-state index contributed by atoms with van der Waals surface area (Å²) in [4.78, 5) is 0. The van der Waals surface area contributed by atoms with Gasteiger partial charge in [0, 0.05) is 0 Å². The van der Waals surface area contributed by atoms with Gasteiger partial charge >= 0.3 is 0 Å². The lowest BCUT2D eigenvalue weighted by Crippen LogP contribution is -2.26. The number of hydrazine groups is 1. The van der Waals surface area contributed by atoms with E-state index in [9.17, 15) is 5.21 Å². The molecular formula is C9H10N4O. The van der Waals surface area contributed by atoms with E-state index in [0.29, 0.717) is 10.6 Å². The SMILES string of the molecule is NNC1=C[N+]([O-])=Cc2ccccc2N1. The van der Waals surface area contributed by atoms with E-state index in [4.69, 9.17) is 5.84 Å². The van der Waals surface area contributed by atoms with Gasteiger partial charge in [-0.15, -0.1) is 0 Å². The maximum absolute atomic E-state index is 11.3. The zero-order valence-electron chi connectivity index (χ0n) is 7.40. The molecule has 1 aromatic carbocycles. The molecule has 0 radical (unpaired) electrons. The van der Waals surface area contributed by atoms with Crippen LogP contribution in [0.25, 0.3) is 0 Å². The summed E-state index contributed by atoms with van der Waals surface area (Å²) in [5.41, 5.74) is 4.07. The molecule has 0 saturated carbocycles. The second-order valence-electron chi connectivity index (χ2n) is 2.89. The van der Waals surface area contributed by atoms with Gasteiger partial charge in [-0.2, -0.15) is 4.74 Å². The highest BCUT2D eigenvalue weighted by Gasteiger charge is 2.09. The molecule has 0 aliphatic carbocycles. The van der Waals surface area contributed by atoms with Crippen molar-refractivity contribution in [1.82, 2.24) is 5.43 Å². The molecule has 0 atom stereocenters. The lowest BCUT2D eigenvalue weighted by molar-refractivity contribution is -0.373. The van der Waals surface area contributed by atoms with Crippen molar-refractivity contribution in [3.63, 3.8) is 0 Å². The van der Waals surface area contributed by atoms with Gasteiger partial charge in [0.15, 0.2) is 12.0 Å². The Bertz CT molecular complexity index is 411. The van der Waals surface area contributed by atoms with Crippen molar-refractivity contribution in [1.29, 1.82) is 0 Å². The third-order valence-corrected chi connectivity index (χ3v) is 1.91. The number of nitrogens with two attached hydrogens (primary N) is 1. The molecule has 5 nitrogen and oxygen atoms in total. The Hall–Kier alpha value is -2.01. The second kappa shape index (κ2) is 3.39. The Morgan fingerprint density at radius 1 is 1.36 bits per heavy atom. The maximum atomic E-state index is 11.3. The summed E-state index contributed by atoms with van der Waals surface area (Å²) >= 11 is 0. The molecule has 0 saturated heterocycles. The second-order valence-corrected chi connectivity index (χ2v) is 2.89. The fourth-order valence-corrected chi connectivity index (χ4v) is 1.28. The molecule has 1 heterocycles. The molecule has 0 aromatic heterocycles. The van der Waals surface area contributed by atoms with Crippen molar-refractivity contribution in [2.45, 2.75) is 0 Å². The molecule has 0 unspecified atom stereocenters. The van der Waals surface area contributed by atoms with Crippen LogP contribution in [0, 0.1) is 5.21 Å². The van der Waals surface area contributed by atoms with Crippen molar-refractivity contribution in [3.8, 4) is 0 Å². The average molecular weight is 190 g/mol. The number of fused-ring (bicyclic) bond motifs is 1. The average Bonchev–Trinajstić information content (AvgIpc) is 2.35. The van der Waals surface area contributed by atoms with Gasteiger partial charge in [0.1, 0.15) is 0 Å². The van der Waals surface area contributed by atoms with Gasteiger partial charge in [0.05, 0.1) is 11.3 Å². The first-order valence-electron chi connectivity index (χ1n) is 4.14. The summed E-state index contributed by atoms with van der Waals surface area (Å²) in [6.07, 6.45) is 2.81. The van der Waals surface area contributed by atoms with E-state index in [2.05, 4.69) is 10.7 Å². The fourth-order valence-electron chi connectivity index (χ4n) is 1.28. The van der Waals surface area contributed by atoms with Crippen LogP contribution < -0.4 is 16.6 Å². The molecule has 72 valence electrons. The van der Waals surface area contributed by atoms with E-state index in [0.717, 1.165) is 11.3 Å². The van der Waals surface area contributed by atoms with Gasteiger partial charge in [-0.25, -0.2) is 5.84 Å². The lowest BCUT2D eigenvalue weighted by atomic mass is 10.2. The van der Waals surface area contributed by atoms with Crippen LogP contribution in [-0.2, 0) is 0 Å². The number of hydrogen-bond acceptors (Lipinski definition) is 4. The molecule has 1 aromatic rings. The Morgan fingerprint density at radius 2 is 2.14 bits per heavy atom. The largest absolute Gasteiger partial charge is 0.619 e. The van der Waals surface area contributed by atoms with Gasteiger partial charge < -0.3 is 15.9 Å². The van der Waals surface area contributed by atoms with E-state index >= 15 is 0 Å². The van der Waals surface area contributed by atoms with E-state index < -0.39 is 0 Å². The molecule has 2 rings (SSSR count). The fraction of sp³-hybridized carbons (Fsp3) is 0. The third-order valence-electron chi connectivity index (χ3n) is 1.91.